The second-order valence-corrected chi connectivity index (χ2v) is 7.21. The average molecular weight is 375 g/mol. The Balaban J connectivity index is 1.78. The van der Waals surface area contributed by atoms with Crippen molar-refractivity contribution in [1.82, 2.24) is 4.90 Å². The molecule has 0 aromatic heterocycles. The van der Waals surface area contributed by atoms with Gasteiger partial charge >= 0.3 is 0 Å². The van der Waals surface area contributed by atoms with E-state index < -0.39 is 0 Å². The number of rotatable bonds is 3. The van der Waals surface area contributed by atoms with E-state index >= 15 is 0 Å². The molecule has 5 heteroatoms. The second-order valence-electron chi connectivity index (χ2n) is 6.23. The Labute approximate surface area is 163 Å². The molecule has 1 fully saturated rings. The van der Waals surface area contributed by atoms with Crippen LogP contribution in [-0.4, -0.2) is 29.1 Å². The zero-order valence-corrected chi connectivity index (χ0v) is 16.2. The Morgan fingerprint density at radius 3 is 2.33 bits per heavy atom. The number of likely N-dealkylation sites (N-methyl/N-ethyl adjacent to an activating group) is 2. The maximum absolute atomic E-state index is 13.1. The van der Waals surface area contributed by atoms with Crippen LogP contribution in [0.3, 0.4) is 0 Å². The number of benzene rings is 2. The molecule has 0 unspecified atom stereocenters. The van der Waals surface area contributed by atoms with Gasteiger partial charge < -0.3 is 4.90 Å². The molecule has 2 aromatic carbocycles. The maximum Gasteiger partial charge on any atom is 0.268 e. The molecule has 0 radical (unpaired) electrons. The number of para-hydroxylation sites is 2. The van der Waals surface area contributed by atoms with E-state index in [1.54, 1.807) is 4.90 Å². The number of hydrogen-bond donors (Lipinski definition) is 0. The van der Waals surface area contributed by atoms with Gasteiger partial charge in [0.25, 0.3) is 5.91 Å². The Hall–Kier alpha value is -2.79. The number of amidine groups is 1. The first-order chi connectivity index (χ1) is 13.2. The van der Waals surface area contributed by atoms with Crippen LogP contribution in [0.2, 0.25) is 0 Å². The number of carbonyl (C=O) groups is 1. The van der Waals surface area contributed by atoms with Gasteiger partial charge in [0.1, 0.15) is 4.91 Å². The van der Waals surface area contributed by atoms with Crippen molar-refractivity contribution in [3.8, 4) is 0 Å². The van der Waals surface area contributed by atoms with Gasteiger partial charge in [0.2, 0.25) is 0 Å². The molecular weight excluding hydrogens is 354 g/mol. The third-order valence-electron chi connectivity index (χ3n) is 4.65. The molecule has 0 saturated carbocycles. The summed E-state index contributed by atoms with van der Waals surface area (Å²) >= 11 is 1.46. The third-order valence-corrected chi connectivity index (χ3v) is 5.73. The van der Waals surface area contributed by atoms with Crippen molar-refractivity contribution >= 4 is 40.3 Å². The van der Waals surface area contributed by atoms with Crippen LogP contribution in [0.15, 0.2) is 76.3 Å². The van der Waals surface area contributed by atoms with Crippen LogP contribution < -0.4 is 4.90 Å². The summed E-state index contributed by atoms with van der Waals surface area (Å²) in [5.74, 6) is 0.0228. The van der Waals surface area contributed by atoms with Crippen molar-refractivity contribution < 1.29 is 4.79 Å². The average Bonchev–Trinajstić information content (AvgIpc) is 3.02. The summed E-state index contributed by atoms with van der Waals surface area (Å²) in [5, 5.41) is 0.736. The molecule has 2 aliphatic rings. The Bertz CT molecular complexity index is 963. The molecule has 2 heterocycles. The molecule has 136 valence electrons. The molecule has 4 nitrogen and oxygen atoms in total. The Morgan fingerprint density at radius 1 is 0.889 bits per heavy atom. The lowest BCUT2D eigenvalue weighted by Crippen LogP contribution is -2.30. The van der Waals surface area contributed by atoms with Crippen molar-refractivity contribution in [2.75, 3.05) is 18.0 Å². The molecule has 27 heavy (non-hydrogen) atoms. The fourth-order valence-electron chi connectivity index (χ4n) is 3.34. The van der Waals surface area contributed by atoms with E-state index in [1.807, 2.05) is 55.5 Å². The molecule has 0 spiro atoms. The Kier molecular flexibility index (Phi) is 4.86. The normalized spacial score (nSPS) is 20.5. The number of carbonyl (C=O) groups excluding carboxylic acids is 1. The molecular formula is C22H21N3OS. The van der Waals surface area contributed by atoms with Crippen LogP contribution in [0.5, 0.6) is 0 Å². The molecule has 0 atom stereocenters. The summed E-state index contributed by atoms with van der Waals surface area (Å²) in [6.07, 6.45) is 4.13. The standard InChI is InChI=1S/C22H21N3OS/c1-3-24-18-13-9-8-10-16(18)14-15-19(24)20-21(26)25(4-2)22(27-20)23-17-11-6-5-7-12-17/h5-15H,3-4H2,1-2H3/b20-19-,23-22?. The largest absolute Gasteiger partial charge is 0.340 e. The number of thioether (sulfide) groups is 1. The minimum Gasteiger partial charge on any atom is -0.340 e. The molecule has 1 saturated heterocycles. The summed E-state index contributed by atoms with van der Waals surface area (Å²) in [5.41, 5.74) is 4.11. The number of nitrogens with zero attached hydrogens (tertiary/aromatic N) is 3. The predicted molar refractivity (Wildman–Crippen MR) is 114 cm³/mol. The fraction of sp³-hybridized carbons (Fsp3) is 0.182. The van der Waals surface area contributed by atoms with Crippen LogP contribution in [0.4, 0.5) is 11.4 Å². The SMILES string of the molecule is CCN1C(=O)/C(=C2\C=Cc3ccccc3N2CC)SC1=Nc1ccccc1. The van der Waals surface area contributed by atoms with E-state index in [9.17, 15) is 4.79 Å². The first-order valence-electron chi connectivity index (χ1n) is 9.15. The van der Waals surface area contributed by atoms with E-state index in [2.05, 4.69) is 30.0 Å². The van der Waals surface area contributed by atoms with E-state index in [0.717, 1.165) is 33.7 Å². The number of fused-ring (bicyclic) bond motifs is 1. The molecule has 0 aliphatic carbocycles. The first kappa shape index (κ1) is 17.6. The minimum atomic E-state index is 0.0228. The lowest BCUT2D eigenvalue weighted by atomic mass is 10.1. The number of hydrogen-bond acceptors (Lipinski definition) is 4. The van der Waals surface area contributed by atoms with Gasteiger partial charge in [-0.05, 0) is 55.4 Å². The topological polar surface area (TPSA) is 35.9 Å². The molecule has 1 amide bonds. The first-order valence-corrected chi connectivity index (χ1v) is 9.97. The second kappa shape index (κ2) is 7.45. The highest BCUT2D eigenvalue weighted by molar-refractivity contribution is 8.18. The summed E-state index contributed by atoms with van der Waals surface area (Å²) < 4.78 is 0. The summed E-state index contributed by atoms with van der Waals surface area (Å²) in [7, 11) is 0. The molecule has 0 N–H and O–H groups in total. The van der Waals surface area contributed by atoms with Gasteiger partial charge in [0.05, 0.1) is 11.4 Å². The fourth-order valence-corrected chi connectivity index (χ4v) is 4.47. The highest BCUT2D eigenvalue weighted by Crippen LogP contribution is 2.40. The van der Waals surface area contributed by atoms with Crippen LogP contribution in [0.25, 0.3) is 6.08 Å². The van der Waals surface area contributed by atoms with Gasteiger partial charge in [-0.2, -0.15) is 0 Å². The lowest BCUT2D eigenvalue weighted by Gasteiger charge is -2.30. The number of amides is 1. The predicted octanol–water partition coefficient (Wildman–Crippen LogP) is 5.03. The van der Waals surface area contributed by atoms with Crippen LogP contribution >= 0.6 is 11.8 Å². The molecule has 2 aromatic rings. The smallest absolute Gasteiger partial charge is 0.268 e. The van der Waals surface area contributed by atoms with E-state index in [4.69, 9.17) is 4.99 Å². The van der Waals surface area contributed by atoms with Crippen LogP contribution in [0.1, 0.15) is 19.4 Å². The summed E-state index contributed by atoms with van der Waals surface area (Å²) in [6, 6.07) is 18.0. The van der Waals surface area contributed by atoms with Gasteiger partial charge in [-0.3, -0.25) is 9.69 Å². The van der Waals surface area contributed by atoms with Gasteiger partial charge in [-0.25, -0.2) is 4.99 Å². The highest BCUT2D eigenvalue weighted by Gasteiger charge is 2.36. The number of anilines is 1. The van der Waals surface area contributed by atoms with E-state index in [0.29, 0.717) is 6.54 Å². The van der Waals surface area contributed by atoms with Crippen molar-refractivity contribution in [3.05, 3.63) is 76.8 Å². The van der Waals surface area contributed by atoms with Crippen molar-refractivity contribution in [1.29, 1.82) is 0 Å². The van der Waals surface area contributed by atoms with E-state index in [1.165, 1.54) is 17.3 Å². The van der Waals surface area contributed by atoms with Gasteiger partial charge in [0.15, 0.2) is 5.17 Å². The molecule has 2 aliphatic heterocycles. The summed E-state index contributed by atoms with van der Waals surface area (Å²) in [6.45, 7) is 5.49. The minimum absolute atomic E-state index is 0.0228. The Morgan fingerprint density at radius 2 is 1.59 bits per heavy atom. The molecule has 4 rings (SSSR count). The molecule has 0 bridgehead atoms. The monoisotopic (exact) mass is 375 g/mol. The van der Waals surface area contributed by atoms with Crippen molar-refractivity contribution in [3.63, 3.8) is 0 Å². The van der Waals surface area contributed by atoms with Crippen molar-refractivity contribution in [2.24, 2.45) is 4.99 Å². The number of aliphatic imine (C=N–C) groups is 1. The van der Waals surface area contributed by atoms with Crippen molar-refractivity contribution in [2.45, 2.75) is 13.8 Å². The summed E-state index contributed by atoms with van der Waals surface area (Å²) in [4.78, 5) is 22.5. The third kappa shape index (κ3) is 3.19. The van der Waals surface area contributed by atoms with Gasteiger partial charge in [-0.1, -0.05) is 42.5 Å². The van der Waals surface area contributed by atoms with E-state index in [-0.39, 0.29) is 5.91 Å². The quantitative estimate of drug-likeness (QED) is 0.706. The van der Waals surface area contributed by atoms with Gasteiger partial charge in [0, 0.05) is 18.8 Å². The zero-order valence-electron chi connectivity index (χ0n) is 15.4. The maximum atomic E-state index is 13.1. The van der Waals surface area contributed by atoms with Crippen LogP contribution in [0, 0.1) is 0 Å². The lowest BCUT2D eigenvalue weighted by molar-refractivity contribution is -0.122. The van der Waals surface area contributed by atoms with Gasteiger partial charge in [-0.15, -0.1) is 0 Å². The number of allylic oxidation sites excluding steroid dienone is 1. The highest BCUT2D eigenvalue weighted by atomic mass is 32.2. The zero-order chi connectivity index (χ0) is 18.8. The van der Waals surface area contributed by atoms with Crippen LogP contribution in [-0.2, 0) is 4.79 Å².